The van der Waals surface area contributed by atoms with Crippen LogP contribution in [0.15, 0.2) is 24.3 Å². The quantitative estimate of drug-likeness (QED) is 0.785. The highest BCUT2D eigenvalue weighted by Gasteiger charge is 2.08. The Bertz CT molecular complexity index is 389. The number of nitrogens with zero attached hydrogens (tertiary/aromatic N) is 1. The number of carbonyl (C=O) groups excluding carboxylic acids is 1. The Morgan fingerprint density at radius 3 is 2.67 bits per heavy atom. The maximum atomic E-state index is 11.4. The third kappa shape index (κ3) is 4.37. The van der Waals surface area contributed by atoms with E-state index in [0.29, 0.717) is 19.4 Å². The van der Waals surface area contributed by atoms with Crippen molar-refractivity contribution in [1.29, 1.82) is 0 Å². The van der Waals surface area contributed by atoms with Gasteiger partial charge in [-0.1, -0.05) is 18.2 Å². The van der Waals surface area contributed by atoms with Crippen LogP contribution in [0, 0.1) is 0 Å². The van der Waals surface area contributed by atoms with Crippen molar-refractivity contribution in [2.45, 2.75) is 25.8 Å². The lowest BCUT2D eigenvalue weighted by atomic mass is 10.1. The second-order valence-corrected chi connectivity index (χ2v) is 4.57. The van der Waals surface area contributed by atoms with Crippen molar-refractivity contribution in [1.82, 2.24) is 4.90 Å². The number of ether oxygens (including phenoxy) is 1. The van der Waals surface area contributed by atoms with Crippen LogP contribution < -0.4 is 10.5 Å². The molecule has 4 heteroatoms. The summed E-state index contributed by atoms with van der Waals surface area (Å²) in [5.74, 6) is 0.934. The van der Waals surface area contributed by atoms with Crippen molar-refractivity contribution in [2.24, 2.45) is 5.73 Å². The van der Waals surface area contributed by atoms with Crippen LogP contribution in [-0.4, -0.2) is 31.5 Å². The number of para-hydroxylation sites is 1. The van der Waals surface area contributed by atoms with Crippen molar-refractivity contribution in [3.8, 4) is 5.75 Å². The zero-order valence-corrected chi connectivity index (χ0v) is 11.3. The lowest BCUT2D eigenvalue weighted by molar-refractivity contribution is -0.128. The van der Waals surface area contributed by atoms with E-state index in [1.807, 2.05) is 31.2 Å². The molecule has 0 saturated heterocycles. The molecule has 0 fully saturated rings. The summed E-state index contributed by atoms with van der Waals surface area (Å²) < 4.78 is 5.68. The molecule has 1 atom stereocenters. The molecule has 1 aromatic rings. The molecule has 4 nitrogen and oxygen atoms in total. The van der Waals surface area contributed by atoms with E-state index in [9.17, 15) is 4.79 Å². The summed E-state index contributed by atoms with van der Waals surface area (Å²) >= 11 is 0. The molecule has 1 unspecified atom stereocenters. The van der Waals surface area contributed by atoms with E-state index in [1.54, 1.807) is 19.0 Å². The van der Waals surface area contributed by atoms with Crippen LogP contribution >= 0.6 is 0 Å². The van der Waals surface area contributed by atoms with Crippen LogP contribution in [0.5, 0.6) is 5.75 Å². The van der Waals surface area contributed by atoms with Crippen molar-refractivity contribution >= 4 is 5.91 Å². The van der Waals surface area contributed by atoms with Gasteiger partial charge in [0.1, 0.15) is 5.75 Å². The van der Waals surface area contributed by atoms with E-state index in [1.165, 1.54) is 0 Å². The molecule has 0 aromatic heterocycles. The Kier molecular flexibility index (Phi) is 5.65. The van der Waals surface area contributed by atoms with Gasteiger partial charge >= 0.3 is 0 Å². The highest BCUT2D eigenvalue weighted by Crippen LogP contribution is 2.23. The zero-order chi connectivity index (χ0) is 13.5. The lowest BCUT2D eigenvalue weighted by Crippen LogP contribution is -2.21. The molecule has 0 radical (unpaired) electrons. The summed E-state index contributed by atoms with van der Waals surface area (Å²) in [6, 6.07) is 7.69. The van der Waals surface area contributed by atoms with E-state index < -0.39 is 0 Å². The topological polar surface area (TPSA) is 55.6 Å². The standard InChI is InChI=1S/C14H22N2O2/c1-11(15)12-7-4-5-8-13(12)18-10-6-9-14(17)16(2)3/h4-5,7-8,11H,6,9-10,15H2,1-3H3. The average Bonchev–Trinajstić information content (AvgIpc) is 2.34. The van der Waals surface area contributed by atoms with Gasteiger partial charge in [0, 0.05) is 32.1 Å². The molecule has 0 spiro atoms. The van der Waals surface area contributed by atoms with Crippen LogP contribution in [0.4, 0.5) is 0 Å². The maximum Gasteiger partial charge on any atom is 0.222 e. The Hall–Kier alpha value is -1.55. The van der Waals surface area contributed by atoms with Gasteiger partial charge in [-0.3, -0.25) is 4.79 Å². The molecule has 0 bridgehead atoms. The van der Waals surface area contributed by atoms with Gasteiger partial charge < -0.3 is 15.4 Å². The fourth-order valence-corrected chi connectivity index (χ4v) is 1.62. The molecule has 100 valence electrons. The fourth-order valence-electron chi connectivity index (χ4n) is 1.62. The van der Waals surface area contributed by atoms with E-state index in [-0.39, 0.29) is 11.9 Å². The summed E-state index contributed by atoms with van der Waals surface area (Å²) in [4.78, 5) is 13.0. The SMILES string of the molecule is CC(N)c1ccccc1OCCCC(=O)N(C)C. The van der Waals surface area contributed by atoms with Gasteiger partial charge in [0.15, 0.2) is 0 Å². The van der Waals surface area contributed by atoms with Crippen LogP contribution in [0.25, 0.3) is 0 Å². The second kappa shape index (κ2) is 7.01. The minimum absolute atomic E-state index is 0.0513. The maximum absolute atomic E-state index is 11.4. The van der Waals surface area contributed by atoms with Gasteiger partial charge in [-0.25, -0.2) is 0 Å². The molecular formula is C14H22N2O2. The molecule has 1 amide bonds. The predicted molar refractivity (Wildman–Crippen MR) is 72.5 cm³/mol. The zero-order valence-electron chi connectivity index (χ0n) is 11.3. The van der Waals surface area contributed by atoms with Crippen LogP contribution in [0.1, 0.15) is 31.4 Å². The molecule has 1 rings (SSSR count). The molecule has 0 aliphatic rings. The van der Waals surface area contributed by atoms with Crippen molar-refractivity contribution in [3.63, 3.8) is 0 Å². The van der Waals surface area contributed by atoms with Gasteiger partial charge in [-0.05, 0) is 19.4 Å². The first-order chi connectivity index (χ1) is 8.52. The summed E-state index contributed by atoms with van der Waals surface area (Å²) in [7, 11) is 3.52. The van der Waals surface area contributed by atoms with E-state index in [4.69, 9.17) is 10.5 Å². The highest BCUT2D eigenvalue weighted by molar-refractivity contribution is 5.75. The normalized spacial score (nSPS) is 12.0. The largest absolute Gasteiger partial charge is 0.493 e. The Morgan fingerprint density at radius 2 is 2.06 bits per heavy atom. The summed E-state index contributed by atoms with van der Waals surface area (Å²) in [6.07, 6.45) is 1.22. The van der Waals surface area contributed by atoms with Gasteiger partial charge in [-0.2, -0.15) is 0 Å². The Morgan fingerprint density at radius 1 is 1.39 bits per heavy atom. The first-order valence-corrected chi connectivity index (χ1v) is 6.20. The smallest absolute Gasteiger partial charge is 0.222 e. The number of benzene rings is 1. The second-order valence-electron chi connectivity index (χ2n) is 4.57. The average molecular weight is 250 g/mol. The van der Waals surface area contributed by atoms with Crippen LogP contribution in [0.3, 0.4) is 0 Å². The van der Waals surface area contributed by atoms with E-state index in [0.717, 1.165) is 11.3 Å². The van der Waals surface area contributed by atoms with Crippen molar-refractivity contribution < 1.29 is 9.53 Å². The summed E-state index contributed by atoms with van der Waals surface area (Å²) in [5, 5.41) is 0. The molecule has 0 aliphatic carbocycles. The number of nitrogens with two attached hydrogens (primary N) is 1. The third-order valence-electron chi connectivity index (χ3n) is 2.70. The minimum Gasteiger partial charge on any atom is -0.493 e. The molecule has 2 N–H and O–H groups in total. The molecule has 18 heavy (non-hydrogen) atoms. The lowest BCUT2D eigenvalue weighted by Gasteiger charge is -2.14. The Labute approximate surface area is 109 Å². The Balaban J connectivity index is 2.42. The van der Waals surface area contributed by atoms with Crippen molar-refractivity contribution in [3.05, 3.63) is 29.8 Å². The van der Waals surface area contributed by atoms with Crippen LogP contribution in [-0.2, 0) is 4.79 Å². The van der Waals surface area contributed by atoms with Gasteiger partial charge in [0.25, 0.3) is 0 Å². The highest BCUT2D eigenvalue weighted by atomic mass is 16.5. The van der Waals surface area contributed by atoms with Gasteiger partial charge in [-0.15, -0.1) is 0 Å². The molecule has 1 aromatic carbocycles. The first kappa shape index (κ1) is 14.5. The fraction of sp³-hybridized carbons (Fsp3) is 0.500. The minimum atomic E-state index is -0.0513. The predicted octanol–water partition coefficient (Wildman–Crippen LogP) is 1.95. The van der Waals surface area contributed by atoms with Crippen molar-refractivity contribution in [2.75, 3.05) is 20.7 Å². The number of rotatable bonds is 6. The molecular weight excluding hydrogens is 228 g/mol. The monoisotopic (exact) mass is 250 g/mol. The number of amides is 1. The van der Waals surface area contributed by atoms with Gasteiger partial charge in [0.2, 0.25) is 5.91 Å². The van der Waals surface area contributed by atoms with E-state index >= 15 is 0 Å². The summed E-state index contributed by atoms with van der Waals surface area (Å²) in [5.41, 5.74) is 6.86. The van der Waals surface area contributed by atoms with E-state index in [2.05, 4.69) is 0 Å². The molecule has 0 saturated carbocycles. The summed E-state index contributed by atoms with van der Waals surface area (Å²) in [6.45, 7) is 2.46. The number of hydrogen-bond acceptors (Lipinski definition) is 3. The third-order valence-corrected chi connectivity index (χ3v) is 2.70. The molecule has 0 heterocycles. The number of hydrogen-bond donors (Lipinski definition) is 1. The van der Waals surface area contributed by atoms with Gasteiger partial charge in [0.05, 0.1) is 6.61 Å². The first-order valence-electron chi connectivity index (χ1n) is 6.20. The molecule has 0 aliphatic heterocycles. The number of carbonyl (C=O) groups is 1. The van der Waals surface area contributed by atoms with Crippen LogP contribution in [0.2, 0.25) is 0 Å².